The quantitative estimate of drug-likeness (QED) is 0.611. The Morgan fingerprint density at radius 3 is 2.44 bits per heavy atom. The third-order valence-electron chi connectivity index (χ3n) is 3.52. The topological polar surface area (TPSA) is 49.7 Å². The van der Waals surface area contributed by atoms with Crippen molar-refractivity contribution in [2.24, 2.45) is 4.99 Å². The van der Waals surface area contributed by atoms with E-state index in [9.17, 15) is 9.90 Å². The van der Waals surface area contributed by atoms with Crippen LogP contribution in [0.1, 0.15) is 35.1 Å². The molecule has 0 aliphatic heterocycles. The fourth-order valence-electron chi connectivity index (χ4n) is 2.40. The van der Waals surface area contributed by atoms with Gasteiger partial charge in [0.2, 0.25) is 6.08 Å². The van der Waals surface area contributed by atoms with Gasteiger partial charge in [0.1, 0.15) is 5.75 Å². The maximum Gasteiger partial charge on any atom is 0.235 e. The minimum Gasteiger partial charge on any atom is -0.508 e. The number of carbonyl (C=O) groups excluding carboxylic acids is 1. The van der Waals surface area contributed by atoms with E-state index in [1.807, 2.05) is 20.8 Å². The van der Waals surface area contributed by atoms with Crippen LogP contribution in [0.3, 0.4) is 0 Å². The Balaban J connectivity index is 2.66. The summed E-state index contributed by atoms with van der Waals surface area (Å²) in [6, 6.07) is 1.75. The van der Waals surface area contributed by atoms with Crippen molar-refractivity contribution in [1.82, 2.24) is 0 Å². The summed E-state index contributed by atoms with van der Waals surface area (Å²) >= 11 is 0. The summed E-state index contributed by atoms with van der Waals surface area (Å²) in [5, 5.41) is 9.71. The van der Waals surface area contributed by atoms with Gasteiger partial charge in [-0.15, -0.1) is 0 Å². The molecule has 0 heterocycles. The van der Waals surface area contributed by atoms with E-state index in [0.717, 1.165) is 35.1 Å². The zero-order chi connectivity index (χ0) is 11.9. The predicted octanol–water partition coefficient (Wildman–Crippen LogP) is 2.64. The van der Waals surface area contributed by atoms with Gasteiger partial charge in [-0.25, -0.2) is 4.79 Å². The maximum atomic E-state index is 10.5. The fourth-order valence-corrected chi connectivity index (χ4v) is 2.40. The summed E-state index contributed by atoms with van der Waals surface area (Å²) in [5.41, 5.74) is 3.64. The second kappa shape index (κ2) is 3.46. The standard InChI is InChI=1S/C13H15NO2/c1-8-6-11(16)9(2)10(3)12(8)13(4-5-13)14-7-15/h6,16H,4-5H2,1-3H3. The highest BCUT2D eigenvalue weighted by Gasteiger charge is 2.47. The third-order valence-corrected chi connectivity index (χ3v) is 3.52. The molecule has 0 amide bonds. The van der Waals surface area contributed by atoms with Crippen molar-refractivity contribution in [2.45, 2.75) is 39.2 Å². The van der Waals surface area contributed by atoms with Crippen LogP contribution in [0, 0.1) is 20.8 Å². The van der Waals surface area contributed by atoms with Crippen molar-refractivity contribution >= 4 is 6.08 Å². The molecule has 0 unspecified atom stereocenters. The van der Waals surface area contributed by atoms with E-state index in [1.54, 1.807) is 12.1 Å². The highest BCUT2D eigenvalue weighted by atomic mass is 16.3. The van der Waals surface area contributed by atoms with Crippen LogP contribution < -0.4 is 0 Å². The molecule has 0 radical (unpaired) electrons. The first-order valence-corrected chi connectivity index (χ1v) is 5.41. The van der Waals surface area contributed by atoms with Gasteiger partial charge in [0.25, 0.3) is 0 Å². The van der Waals surface area contributed by atoms with Crippen LogP contribution in [-0.4, -0.2) is 11.2 Å². The third kappa shape index (κ3) is 1.44. The van der Waals surface area contributed by atoms with Crippen LogP contribution in [0.5, 0.6) is 5.75 Å². The first-order chi connectivity index (χ1) is 7.52. The first kappa shape index (κ1) is 10.9. The maximum absolute atomic E-state index is 10.5. The molecular formula is C13H15NO2. The van der Waals surface area contributed by atoms with Gasteiger partial charge in [-0.3, -0.25) is 0 Å². The lowest BCUT2D eigenvalue weighted by atomic mass is 9.91. The number of nitrogens with zero attached hydrogens (tertiary/aromatic N) is 1. The van der Waals surface area contributed by atoms with E-state index in [1.165, 1.54) is 0 Å². The summed E-state index contributed by atoms with van der Waals surface area (Å²) in [6.45, 7) is 5.80. The number of phenols is 1. The van der Waals surface area contributed by atoms with Crippen molar-refractivity contribution in [3.63, 3.8) is 0 Å². The molecule has 1 aromatic rings. The van der Waals surface area contributed by atoms with E-state index in [2.05, 4.69) is 4.99 Å². The number of isocyanates is 1. The minimum absolute atomic E-state index is 0.310. The molecule has 0 saturated heterocycles. The van der Waals surface area contributed by atoms with E-state index < -0.39 is 0 Å². The van der Waals surface area contributed by atoms with Crippen molar-refractivity contribution in [3.05, 3.63) is 28.3 Å². The number of rotatable bonds is 2. The average molecular weight is 217 g/mol. The smallest absolute Gasteiger partial charge is 0.235 e. The molecule has 2 rings (SSSR count). The Labute approximate surface area is 94.8 Å². The Bertz CT molecular complexity index is 495. The molecule has 1 saturated carbocycles. The Morgan fingerprint density at radius 1 is 1.31 bits per heavy atom. The molecule has 0 bridgehead atoms. The monoisotopic (exact) mass is 217 g/mol. The molecule has 1 fully saturated rings. The molecular weight excluding hydrogens is 202 g/mol. The number of benzene rings is 1. The summed E-state index contributed by atoms with van der Waals surface area (Å²) in [5.74, 6) is 0.310. The van der Waals surface area contributed by atoms with Gasteiger partial charge in [0, 0.05) is 0 Å². The SMILES string of the molecule is Cc1cc(O)c(C)c(C)c1C1(N=C=O)CC1. The summed E-state index contributed by atoms with van der Waals surface area (Å²) in [6.07, 6.45) is 3.46. The number of hydrogen-bond donors (Lipinski definition) is 1. The molecule has 1 aliphatic carbocycles. The van der Waals surface area contributed by atoms with Gasteiger partial charge in [0.05, 0.1) is 5.54 Å². The molecule has 84 valence electrons. The molecule has 1 aromatic carbocycles. The average Bonchev–Trinajstić information content (AvgIpc) is 2.96. The molecule has 3 nitrogen and oxygen atoms in total. The lowest BCUT2D eigenvalue weighted by molar-refractivity contribution is 0.469. The van der Waals surface area contributed by atoms with E-state index in [4.69, 9.17) is 0 Å². The number of aryl methyl sites for hydroxylation is 1. The molecule has 0 atom stereocenters. The highest BCUT2D eigenvalue weighted by molar-refractivity contribution is 5.53. The lowest BCUT2D eigenvalue weighted by Gasteiger charge is -2.18. The molecule has 1 aliphatic rings. The van der Waals surface area contributed by atoms with Crippen molar-refractivity contribution < 1.29 is 9.90 Å². The fraction of sp³-hybridized carbons (Fsp3) is 0.462. The minimum atomic E-state index is -0.353. The predicted molar refractivity (Wildman–Crippen MR) is 61.4 cm³/mol. The van der Waals surface area contributed by atoms with Crippen LogP contribution in [0.4, 0.5) is 0 Å². The Kier molecular flexibility index (Phi) is 2.36. The molecule has 0 spiro atoms. The van der Waals surface area contributed by atoms with E-state index in [-0.39, 0.29) is 5.54 Å². The largest absolute Gasteiger partial charge is 0.508 e. The number of phenolic OH excluding ortho intramolecular Hbond substituents is 1. The van der Waals surface area contributed by atoms with Crippen LogP contribution in [0.2, 0.25) is 0 Å². The number of aliphatic imine (C=N–C) groups is 1. The van der Waals surface area contributed by atoms with Crippen molar-refractivity contribution in [3.8, 4) is 5.75 Å². The molecule has 1 N–H and O–H groups in total. The van der Waals surface area contributed by atoms with Crippen LogP contribution >= 0.6 is 0 Å². The van der Waals surface area contributed by atoms with Crippen molar-refractivity contribution in [2.75, 3.05) is 0 Å². The van der Waals surface area contributed by atoms with Crippen LogP contribution in [-0.2, 0) is 10.3 Å². The van der Waals surface area contributed by atoms with Crippen molar-refractivity contribution in [1.29, 1.82) is 0 Å². The second-order valence-electron chi connectivity index (χ2n) is 4.57. The van der Waals surface area contributed by atoms with Gasteiger partial charge >= 0.3 is 0 Å². The van der Waals surface area contributed by atoms with Crippen LogP contribution in [0.15, 0.2) is 11.1 Å². The van der Waals surface area contributed by atoms with Gasteiger partial charge in [-0.05, 0) is 61.9 Å². The summed E-state index contributed by atoms with van der Waals surface area (Å²) in [4.78, 5) is 14.4. The number of hydrogen-bond acceptors (Lipinski definition) is 3. The first-order valence-electron chi connectivity index (χ1n) is 5.41. The number of aromatic hydroxyl groups is 1. The Hall–Kier alpha value is -1.60. The Morgan fingerprint density at radius 2 is 1.94 bits per heavy atom. The lowest BCUT2D eigenvalue weighted by Crippen LogP contribution is -2.09. The molecule has 16 heavy (non-hydrogen) atoms. The van der Waals surface area contributed by atoms with Gasteiger partial charge in [-0.1, -0.05) is 0 Å². The molecule has 3 heteroatoms. The van der Waals surface area contributed by atoms with Gasteiger partial charge in [0.15, 0.2) is 0 Å². The summed E-state index contributed by atoms with van der Waals surface area (Å²) < 4.78 is 0. The summed E-state index contributed by atoms with van der Waals surface area (Å²) in [7, 11) is 0. The van der Waals surface area contributed by atoms with Crippen LogP contribution in [0.25, 0.3) is 0 Å². The molecule has 0 aromatic heterocycles. The van der Waals surface area contributed by atoms with Gasteiger partial charge in [-0.2, -0.15) is 4.99 Å². The highest BCUT2D eigenvalue weighted by Crippen LogP contribution is 2.52. The zero-order valence-electron chi connectivity index (χ0n) is 9.79. The van der Waals surface area contributed by atoms with E-state index >= 15 is 0 Å². The normalized spacial score (nSPS) is 16.7. The second-order valence-corrected chi connectivity index (χ2v) is 4.57. The van der Waals surface area contributed by atoms with Gasteiger partial charge < -0.3 is 5.11 Å². The zero-order valence-corrected chi connectivity index (χ0v) is 9.79. The van der Waals surface area contributed by atoms with E-state index in [0.29, 0.717) is 5.75 Å².